The molecule has 4 aromatic rings. The van der Waals surface area contributed by atoms with E-state index in [2.05, 4.69) is 15.2 Å². The zero-order valence-corrected chi connectivity index (χ0v) is 16.5. The van der Waals surface area contributed by atoms with Gasteiger partial charge in [-0.3, -0.25) is 9.59 Å². The van der Waals surface area contributed by atoms with Crippen molar-refractivity contribution >= 4 is 16.8 Å². The second-order valence-electron chi connectivity index (χ2n) is 7.53. The highest BCUT2D eigenvalue weighted by molar-refractivity contribution is 5.97. The summed E-state index contributed by atoms with van der Waals surface area (Å²) in [6.07, 6.45) is 2.30. The fraction of sp³-hybridized carbons (Fsp3) is 0.217. The first kappa shape index (κ1) is 19.2. The molecule has 1 atom stereocenters. The number of rotatable bonds is 3. The van der Waals surface area contributed by atoms with Crippen LogP contribution >= 0.6 is 0 Å². The number of amides is 1. The maximum absolute atomic E-state index is 14.1. The normalized spacial score (nSPS) is 16.5. The van der Waals surface area contributed by atoms with Crippen molar-refractivity contribution in [2.24, 2.45) is 0 Å². The monoisotopic (exact) mass is 418 g/mol. The number of benzene rings is 2. The van der Waals surface area contributed by atoms with Crippen LogP contribution in [0.4, 0.5) is 4.39 Å². The second kappa shape index (κ2) is 7.79. The van der Waals surface area contributed by atoms with E-state index in [1.54, 1.807) is 35.2 Å². The summed E-state index contributed by atoms with van der Waals surface area (Å²) in [5.41, 5.74) is 0.511. The Balaban J connectivity index is 1.49. The van der Waals surface area contributed by atoms with Crippen LogP contribution in [0, 0.1) is 5.82 Å². The molecule has 7 nitrogen and oxygen atoms in total. The summed E-state index contributed by atoms with van der Waals surface area (Å²) >= 11 is 0. The summed E-state index contributed by atoms with van der Waals surface area (Å²) < 4.78 is 19.9. The molecular formula is C23H19FN4O3. The van der Waals surface area contributed by atoms with Gasteiger partial charge in [0, 0.05) is 12.1 Å². The van der Waals surface area contributed by atoms with E-state index in [-0.39, 0.29) is 28.8 Å². The van der Waals surface area contributed by atoms with Gasteiger partial charge in [0.25, 0.3) is 17.4 Å². The lowest BCUT2D eigenvalue weighted by atomic mass is 10.0. The van der Waals surface area contributed by atoms with Crippen molar-refractivity contribution in [1.82, 2.24) is 20.1 Å². The van der Waals surface area contributed by atoms with Crippen molar-refractivity contribution < 1.29 is 13.6 Å². The SMILES string of the molecule is O=C(c1cc2ccccc2[nH]c1=O)N1CCCC[C@@H]1c1nnc(-c2ccccc2F)o1. The summed E-state index contributed by atoms with van der Waals surface area (Å²) in [5, 5.41) is 8.85. The van der Waals surface area contributed by atoms with Gasteiger partial charge in [-0.15, -0.1) is 10.2 Å². The molecule has 1 aliphatic heterocycles. The van der Waals surface area contributed by atoms with Crippen molar-refractivity contribution in [3.8, 4) is 11.5 Å². The standard InChI is InChI=1S/C23H19FN4O3/c24-17-9-3-2-8-15(17)21-26-27-22(31-21)19-11-5-6-12-28(19)23(30)16-13-14-7-1-4-10-18(14)25-20(16)29/h1-4,7-10,13,19H,5-6,11-12H2,(H,25,29)/t19-/m1/s1. The van der Waals surface area contributed by atoms with Crippen molar-refractivity contribution in [2.75, 3.05) is 6.54 Å². The minimum atomic E-state index is -0.472. The minimum absolute atomic E-state index is 0.0645. The number of para-hydroxylation sites is 1. The maximum atomic E-state index is 14.1. The highest BCUT2D eigenvalue weighted by atomic mass is 19.1. The van der Waals surface area contributed by atoms with E-state index in [0.29, 0.717) is 18.5 Å². The van der Waals surface area contributed by atoms with Gasteiger partial charge in [-0.1, -0.05) is 30.3 Å². The Morgan fingerprint density at radius 1 is 1.10 bits per heavy atom. The number of piperidine rings is 1. The molecule has 2 aromatic carbocycles. The number of fused-ring (bicyclic) bond motifs is 1. The van der Waals surface area contributed by atoms with Gasteiger partial charge < -0.3 is 14.3 Å². The van der Waals surface area contributed by atoms with Crippen LogP contribution in [0.15, 0.2) is 63.8 Å². The number of nitrogens with zero attached hydrogens (tertiary/aromatic N) is 3. The van der Waals surface area contributed by atoms with Crippen LogP contribution in [-0.4, -0.2) is 32.5 Å². The summed E-state index contributed by atoms with van der Waals surface area (Å²) in [7, 11) is 0. The predicted molar refractivity (Wildman–Crippen MR) is 112 cm³/mol. The molecule has 0 saturated carbocycles. The smallest absolute Gasteiger partial charge is 0.261 e. The van der Waals surface area contributed by atoms with E-state index in [9.17, 15) is 14.0 Å². The van der Waals surface area contributed by atoms with E-state index in [4.69, 9.17) is 4.42 Å². The molecule has 5 rings (SSSR count). The number of aromatic amines is 1. The number of hydrogen-bond acceptors (Lipinski definition) is 5. The average molecular weight is 418 g/mol. The van der Waals surface area contributed by atoms with Gasteiger partial charge in [0.15, 0.2) is 0 Å². The van der Waals surface area contributed by atoms with Gasteiger partial charge in [-0.25, -0.2) is 4.39 Å². The third-order valence-corrected chi connectivity index (χ3v) is 5.58. The number of carbonyl (C=O) groups is 1. The number of pyridine rings is 1. The quantitative estimate of drug-likeness (QED) is 0.541. The van der Waals surface area contributed by atoms with Crippen molar-refractivity contribution in [2.45, 2.75) is 25.3 Å². The number of H-pyrrole nitrogens is 1. The first-order valence-electron chi connectivity index (χ1n) is 10.1. The number of nitrogens with one attached hydrogen (secondary N) is 1. The highest BCUT2D eigenvalue weighted by Crippen LogP contribution is 2.33. The van der Waals surface area contributed by atoms with Crippen LogP contribution in [0.1, 0.15) is 41.6 Å². The molecule has 2 aromatic heterocycles. The third kappa shape index (κ3) is 3.50. The lowest BCUT2D eigenvalue weighted by molar-refractivity contribution is 0.0571. The van der Waals surface area contributed by atoms with E-state index in [1.807, 2.05) is 18.2 Å². The number of aromatic nitrogens is 3. The van der Waals surface area contributed by atoms with Gasteiger partial charge >= 0.3 is 0 Å². The van der Waals surface area contributed by atoms with E-state index < -0.39 is 17.4 Å². The van der Waals surface area contributed by atoms with E-state index in [1.165, 1.54) is 6.07 Å². The van der Waals surface area contributed by atoms with Gasteiger partial charge in [-0.2, -0.15) is 0 Å². The summed E-state index contributed by atoms with van der Waals surface area (Å²) in [6.45, 7) is 0.465. The first-order chi connectivity index (χ1) is 15.1. The Hall–Kier alpha value is -3.81. The summed E-state index contributed by atoms with van der Waals surface area (Å²) in [5.74, 6) is -0.544. The van der Waals surface area contributed by atoms with Gasteiger partial charge in [0.05, 0.1) is 5.56 Å². The molecule has 0 bridgehead atoms. The fourth-order valence-electron chi connectivity index (χ4n) is 4.01. The molecule has 0 unspecified atom stereocenters. The molecule has 1 saturated heterocycles. The molecule has 31 heavy (non-hydrogen) atoms. The second-order valence-corrected chi connectivity index (χ2v) is 7.53. The van der Waals surface area contributed by atoms with E-state index >= 15 is 0 Å². The van der Waals surface area contributed by atoms with Crippen molar-refractivity contribution in [3.05, 3.63) is 82.2 Å². The molecule has 1 N–H and O–H groups in total. The lowest BCUT2D eigenvalue weighted by Crippen LogP contribution is -2.40. The molecule has 0 radical (unpaired) electrons. The molecule has 0 aliphatic carbocycles. The van der Waals surface area contributed by atoms with Gasteiger partial charge in [0.2, 0.25) is 5.89 Å². The number of carbonyl (C=O) groups excluding carboxylic acids is 1. The Morgan fingerprint density at radius 2 is 1.90 bits per heavy atom. The molecular weight excluding hydrogens is 399 g/mol. The molecule has 3 heterocycles. The molecule has 156 valence electrons. The van der Waals surface area contributed by atoms with Crippen LogP contribution < -0.4 is 5.56 Å². The Labute approximate surface area is 176 Å². The highest BCUT2D eigenvalue weighted by Gasteiger charge is 2.34. The van der Waals surface area contributed by atoms with Crippen LogP contribution in [-0.2, 0) is 0 Å². The zero-order chi connectivity index (χ0) is 21.4. The van der Waals surface area contributed by atoms with E-state index in [0.717, 1.165) is 18.2 Å². The van der Waals surface area contributed by atoms with Crippen LogP contribution in [0.2, 0.25) is 0 Å². The molecule has 0 spiro atoms. The third-order valence-electron chi connectivity index (χ3n) is 5.58. The maximum Gasteiger partial charge on any atom is 0.261 e. The number of likely N-dealkylation sites (tertiary alicyclic amines) is 1. The number of hydrogen-bond donors (Lipinski definition) is 1. The van der Waals surface area contributed by atoms with Crippen LogP contribution in [0.3, 0.4) is 0 Å². The minimum Gasteiger partial charge on any atom is -0.418 e. The summed E-state index contributed by atoms with van der Waals surface area (Å²) in [4.78, 5) is 30.3. The van der Waals surface area contributed by atoms with Crippen molar-refractivity contribution in [1.29, 1.82) is 0 Å². The average Bonchev–Trinajstić information content (AvgIpc) is 3.28. The lowest BCUT2D eigenvalue weighted by Gasteiger charge is -2.33. The molecule has 1 amide bonds. The zero-order valence-electron chi connectivity index (χ0n) is 16.5. The largest absolute Gasteiger partial charge is 0.418 e. The summed E-state index contributed by atoms with van der Waals surface area (Å²) in [6, 6.07) is 14.6. The Morgan fingerprint density at radius 3 is 2.77 bits per heavy atom. The number of halogens is 1. The fourth-order valence-corrected chi connectivity index (χ4v) is 4.01. The molecule has 1 fully saturated rings. The van der Waals surface area contributed by atoms with Crippen molar-refractivity contribution in [3.63, 3.8) is 0 Å². The van der Waals surface area contributed by atoms with Gasteiger partial charge in [-0.05, 0) is 48.9 Å². The molecule has 8 heteroatoms. The molecule has 1 aliphatic rings. The first-order valence-corrected chi connectivity index (χ1v) is 10.1. The Kier molecular flexibility index (Phi) is 4.82. The van der Waals surface area contributed by atoms with Gasteiger partial charge in [0.1, 0.15) is 17.4 Å². The Bertz CT molecular complexity index is 1330. The topological polar surface area (TPSA) is 92.1 Å². The predicted octanol–water partition coefficient (Wildman–Crippen LogP) is 4.08. The van der Waals surface area contributed by atoms with Crippen LogP contribution in [0.5, 0.6) is 0 Å². The van der Waals surface area contributed by atoms with Crippen LogP contribution in [0.25, 0.3) is 22.4 Å².